The molecule has 1 aliphatic rings. The molecule has 0 unspecified atom stereocenters. The van der Waals surface area contributed by atoms with Gasteiger partial charge in [-0.2, -0.15) is 4.98 Å². The minimum absolute atomic E-state index is 0.0164. The highest BCUT2D eigenvalue weighted by Gasteiger charge is 2.43. The van der Waals surface area contributed by atoms with Crippen LogP contribution in [-0.4, -0.2) is 50.2 Å². The molecule has 0 radical (unpaired) electrons. The van der Waals surface area contributed by atoms with E-state index in [0.29, 0.717) is 12.6 Å². The van der Waals surface area contributed by atoms with Gasteiger partial charge < -0.3 is 19.9 Å². The van der Waals surface area contributed by atoms with E-state index in [2.05, 4.69) is 90.8 Å². The van der Waals surface area contributed by atoms with Crippen LogP contribution >= 0.6 is 0 Å². The molecular formula is C28H39FN6O. The van der Waals surface area contributed by atoms with Crippen molar-refractivity contribution in [2.75, 3.05) is 24.3 Å². The molecule has 8 heteroatoms. The molecule has 1 fully saturated rings. The zero-order chi connectivity index (χ0) is 26.3. The van der Waals surface area contributed by atoms with E-state index in [-0.39, 0.29) is 22.9 Å². The van der Waals surface area contributed by atoms with Crippen molar-refractivity contribution < 1.29 is 9.13 Å². The van der Waals surface area contributed by atoms with Crippen molar-refractivity contribution in [2.45, 2.75) is 78.4 Å². The summed E-state index contributed by atoms with van der Waals surface area (Å²) in [4.78, 5) is 11.1. The second-order valence-corrected chi connectivity index (χ2v) is 11.0. The normalized spacial score (nSPS) is 17.7. The second-order valence-electron chi connectivity index (χ2n) is 11.0. The minimum Gasteiger partial charge on any atom is -0.492 e. The van der Waals surface area contributed by atoms with Gasteiger partial charge in [-0.1, -0.05) is 0 Å². The summed E-state index contributed by atoms with van der Waals surface area (Å²) in [6, 6.07) is 10.1. The Bertz CT molecular complexity index is 1200. The predicted molar refractivity (Wildman–Crippen MR) is 144 cm³/mol. The van der Waals surface area contributed by atoms with E-state index < -0.39 is 5.82 Å². The number of aromatic nitrogens is 3. The Morgan fingerprint density at radius 2 is 1.69 bits per heavy atom. The minimum atomic E-state index is -0.457. The number of ether oxygens (including phenoxy) is 1. The molecule has 7 nitrogen and oxygen atoms in total. The third kappa shape index (κ3) is 5.19. The molecule has 36 heavy (non-hydrogen) atoms. The average Bonchev–Trinajstić information content (AvgIpc) is 3.13. The van der Waals surface area contributed by atoms with E-state index in [4.69, 9.17) is 4.74 Å². The number of nitrogens with one attached hydrogen (secondary N) is 2. The van der Waals surface area contributed by atoms with Crippen LogP contribution < -0.4 is 15.4 Å². The Morgan fingerprint density at radius 1 is 1.06 bits per heavy atom. The van der Waals surface area contributed by atoms with Crippen LogP contribution in [0.5, 0.6) is 5.75 Å². The number of likely N-dealkylation sites (tertiary alicyclic amines) is 1. The molecule has 2 N–H and O–H groups in total. The van der Waals surface area contributed by atoms with Crippen LogP contribution in [0.2, 0.25) is 0 Å². The first-order valence-corrected chi connectivity index (χ1v) is 12.6. The third-order valence-corrected chi connectivity index (χ3v) is 7.42. The lowest BCUT2D eigenvalue weighted by Crippen LogP contribution is -2.61. The van der Waals surface area contributed by atoms with Crippen molar-refractivity contribution in [1.82, 2.24) is 19.4 Å². The van der Waals surface area contributed by atoms with Crippen molar-refractivity contribution in [3.05, 3.63) is 53.7 Å². The van der Waals surface area contributed by atoms with Crippen molar-refractivity contribution in [3.8, 4) is 11.4 Å². The van der Waals surface area contributed by atoms with Gasteiger partial charge in [-0.3, -0.25) is 4.90 Å². The van der Waals surface area contributed by atoms with E-state index in [1.54, 1.807) is 0 Å². The van der Waals surface area contributed by atoms with Crippen LogP contribution in [0.15, 0.2) is 36.5 Å². The van der Waals surface area contributed by atoms with Crippen LogP contribution in [0.4, 0.5) is 21.8 Å². The Hall–Kier alpha value is -3.13. The molecule has 3 heterocycles. The first kappa shape index (κ1) is 25.9. The largest absolute Gasteiger partial charge is 0.492 e. The van der Waals surface area contributed by atoms with Crippen LogP contribution in [0.3, 0.4) is 0 Å². The van der Waals surface area contributed by atoms with Gasteiger partial charge in [-0.25, -0.2) is 9.37 Å². The van der Waals surface area contributed by atoms with Crippen LogP contribution in [0.25, 0.3) is 5.69 Å². The molecule has 1 saturated heterocycles. The van der Waals surface area contributed by atoms with E-state index in [1.807, 2.05) is 25.1 Å². The van der Waals surface area contributed by atoms with E-state index in [0.717, 1.165) is 41.4 Å². The number of hydrogen-bond acceptors (Lipinski definition) is 6. The van der Waals surface area contributed by atoms with Crippen LogP contribution in [0, 0.1) is 19.7 Å². The van der Waals surface area contributed by atoms with Gasteiger partial charge in [0.1, 0.15) is 5.75 Å². The highest BCUT2D eigenvalue weighted by Crippen LogP contribution is 2.38. The Labute approximate surface area is 214 Å². The molecular weight excluding hydrogens is 455 g/mol. The molecule has 0 atom stereocenters. The summed E-state index contributed by atoms with van der Waals surface area (Å²) in [6.45, 7) is 15.6. The molecule has 194 valence electrons. The van der Waals surface area contributed by atoms with Crippen LogP contribution in [-0.2, 0) is 0 Å². The monoisotopic (exact) mass is 494 g/mol. The maximum absolute atomic E-state index is 14.8. The molecule has 0 saturated carbocycles. The molecule has 1 aromatic carbocycles. The molecule has 1 aliphatic heterocycles. The summed E-state index contributed by atoms with van der Waals surface area (Å²) in [5, 5.41) is 6.62. The Morgan fingerprint density at radius 3 is 2.31 bits per heavy atom. The summed E-state index contributed by atoms with van der Waals surface area (Å²) >= 11 is 0. The van der Waals surface area contributed by atoms with Gasteiger partial charge >= 0.3 is 0 Å². The van der Waals surface area contributed by atoms with Gasteiger partial charge in [0, 0.05) is 34.2 Å². The van der Waals surface area contributed by atoms with Gasteiger partial charge in [0.2, 0.25) is 5.95 Å². The number of nitrogens with zero attached hydrogens (tertiary/aromatic N) is 4. The molecule has 0 spiro atoms. The van der Waals surface area contributed by atoms with Crippen molar-refractivity contribution in [3.63, 3.8) is 0 Å². The fourth-order valence-corrected chi connectivity index (χ4v) is 5.42. The molecule has 0 bridgehead atoms. The van der Waals surface area contributed by atoms with E-state index in [1.165, 1.54) is 6.20 Å². The number of benzene rings is 1. The summed E-state index contributed by atoms with van der Waals surface area (Å²) in [6.07, 6.45) is 2.99. The van der Waals surface area contributed by atoms with Gasteiger partial charge in [-0.05, 0) is 98.7 Å². The Balaban J connectivity index is 1.60. The Kier molecular flexibility index (Phi) is 7.01. The van der Waals surface area contributed by atoms with Crippen molar-refractivity contribution in [1.29, 1.82) is 0 Å². The average molecular weight is 495 g/mol. The maximum Gasteiger partial charge on any atom is 0.229 e. The van der Waals surface area contributed by atoms with E-state index in [9.17, 15) is 4.39 Å². The summed E-state index contributed by atoms with van der Waals surface area (Å²) < 4.78 is 22.8. The molecule has 0 amide bonds. The fourth-order valence-electron chi connectivity index (χ4n) is 5.42. The van der Waals surface area contributed by atoms with Crippen molar-refractivity contribution >= 4 is 17.5 Å². The number of piperidine rings is 1. The van der Waals surface area contributed by atoms with Crippen LogP contribution in [0.1, 0.15) is 58.8 Å². The number of rotatable bonds is 7. The third-order valence-electron chi connectivity index (χ3n) is 7.42. The number of aryl methyl sites for hydroxylation is 2. The fraction of sp³-hybridized carbons (Fsp3) is 0.500. The SMILES string of the molecule is CCOc1ccc(Nc2ncc(F)c(NC3CC(C)(C)N(C)C(C)(C)C3)n2)cc1-n1c(C)ccc1C. The van der Waals surface area contributed by atoms with Crippen molar-refractivity contribution in [2.24, 2.45) is 0 Å². The zero-order valence-electron chi connectivity index (χ0n) is 22.7. The van der Waals surface area contributed by atoms with Gasteiger partial charge in [0.25, 0.3) is 0 Å². The summed E-state index contributed by atoms with van der Waals surface area (Å²) in [5.41, 5.74) is 3.91. The lowest BCUT2D eigenvalue weighted by Gasteiger charge is -2.53. The predicted octanol–water partition coefficient (Wildman–Crippen LogP) is 6.23. The number of halogens is 1. The lowest BCUT2D eigenvalue weighted by molar-refractivity contribution is -0.00778. The molecule has 3 aromatic rings. The highest BCUT2D eigenvalue weighted by molar-refractivity contribution is 5.63. The summed E-state index contributed by atoms with van der Waals surface area (Å²) in [5.74, 6) is 0.889. The maximum atomic E-state index is 14.8. The molecule has 0 aliphatic carbocycles. The quantitative estimate of drug-likeness (QED) is 0.406. The lowest BCUT2D eigenvalue weighted by atomic mass is 9.77. The smallest absolute Gasteiger partial charge is 0.229 e. The molecule has 4 rings (SSSR count). The highest BCUT2D eigenvalue weighted by atomic mass is 19.1. The second kappa shape index (κ2) is 9.73. The number of anilines is 3. The standard InChI is InChI=1S/C28H39FN6O/c1-9-36-24-13-12-20(14-23(24)35-18(2)10-11-19(35)3)32-26-30-17-22(29)25(33-26)31-21-15-27(4,5)34(8)28(6,7)16-21/h10-14,17,21H,9,15-16H2,1-8H3,(H2,30,31,32,33). The van der Waals surface area contributed by atoms with Gasteiger partial charge in [0.15, 0.2) is 11.6 Å². The molecule has 2 aromatic heterocycles. The van der Waals surface area contributed by atoms with E-state index >= 15 is 0 Å². The van der Waals surface area contributed by atoms with Gasteiger partial charge in [0.05, 0.1) is 18.5 Å². The van der Waals surface area contributed by atoms with Gasteiger partial charge in [-0.15, -0.1) is 0 Å². The first-order chi connectivity index (χ1) is 16.9. The zero-order valence-corrected chi connectivity index (χ0v) is 22.7. The summed E-state index contributed by atoms with van der Waals surface area (Å²) in [7, 11) is 2.16. The number of hydrogen-bond donors (Lipinski definition) is 2. The topological polar surface area (TPSA) is 67.2 Å². The first-order valence-electron chi connectivity index (χ1n) is 12.6.